The van der Waals surface area contributed by atoms with Gasteiger partial charge in [-0.1, -0.05) is 0 Å². The van der Waals surface area contributed by atoms with E-state index in [1.165, 1.54) is 12.1 Å². The van der Waals surface area contributed by atoms with Gasteiger partial charge in [-0.15, -0.1) is 0 Å². The Bertz CT molecular complexity index is 387. The van der Waals surface area contributed by atoms with E-state index in [9.17, 15) is 9.18 Å². The molecule has 1 heterocycles. The molecule has 1 fully saturated rings. The molecular weight excluding hydrogens is 203 g/mol. The first-order valence-electron chi connectivity index (χ1n) is 4.44. The summed E-state index contributed by atoms with van der Waals surface area (Å²) < 4.78 is 23.2. The molecule has 5 heteroatoms. The summed E-state index contributed by atoms with van der Waals surface area (Å²) >= 11 is 0. The number of ether oxygens (including phenoxy) is 2. The molecule has 1 saturated heterocycles. The van der Waals surface area contributed by atoms with Crippen LogP contribution in [0.1, 0.15) is 10.4 Å². The Hall–Kier alpha value is -1.62. The molecule has 0 saturated carbocycles. The third kappa shape index (κ3) is 2.44. The maximum atomic E-state index is 13.1. The molecule has 1 aliphatic rings. The predicted octanol–water partition coefficient (Wildman–Crippen LogP) is 1.30. The predicted molar refractivity (Wildman–Crippen MR) is 48.6 cm³/mol. The van der Waals surface area contributed by atoms with Gasteiger partial charge in [-0.3, -0.25) is 0 Å². The average Bonchev–Trinajstić information content (AvgIpc) is 2.97. The highest BCUT2D eigenvalue weighted by Crippen LogP contribution is 2.18. The molecule has 0 aliphatic carbocycles. The molecule has 1 N–H and O–H groups in total. The lowest BCUT2D eigenvalue weighted by molar-refractivity contribution is 0.0692. The Morgan fingerprint density at radius 3 is 2.93 bits per heavy atom. The van der Waals surface area contributed by atoms with Crippen LogP contribution in [0.3, 0.4) is 0 Å². The largest absolute Gasteiger partial charge is 0.491 e. The lowest BCUT2D eigenvalue weighted by Gasteiger charge is -2.04. The van der Waals surface area contributed by atoms with Crippen LogP contribution in [-0.2, 0) is 4.74 Å². The van der Waals surface area contributed by atoms with E-state index in [1.807, 2.05) is 0 Å². The van der Waals surface area contributed by atoms with E-state index in [1.54, 1.807) is 0 Å². The van der Waals surface area contributed by atoms with Gasteiger partial charge in [0.15, 0.2) is 0 Å². The Morgan fingerprint density at radius 2 is 2.40 bits per heavy atom. The zero-order chi connectivity index (χ0) is 10.8. The van der Waals surface area contributed by atoms with E-state index in [-0.39, 0.29) is 11.7 Å². The number of halogens is 1. The zero-order valence-corrected chi connectivity index (χ0v) is 7.77. The van der Waals surface area contributed by atoms with Crippen LogP contribution in [0, 0.1) is 5.82 Å². The summed E-state index contributed by atoms with van der Waals surface area (Å²) in [6, 6.07) is 3.67. The SMILES string of the molecule is O=C(O)c1ccc(OCC2CO2)cc1F. The van der Waals surface area contributed by atoms with Gasteiger partial charge in [0, 0.05) is 6.07 Å². The third-order valence-corrected chi connectivity index (χ3v) is 2.01. The normalized spacial score (nSPS) is 18.6. The zero-order valence-electron chi connectivity index (χ0n) is 7.77. The van der Waals surface area contributed by atoms with E-state index in [4.69, 9.17) is 14.6 Å². The highest BCUT2D eigenvalue weighted by atomic mass is 19.1. The lowest BCUT2D eigenvalue weighted by atomic mass is 10.2. The number of carbonyl (C=O) groups is 1. The monoisotopic (exact) mass is 212 g/mol. The van der Waals surface area contributed by atoms with Crippen LogP contribution in [0.25, 0.3) is 0 Å². The van der Waals surface area contributed by atoms with E-state index in [0.717, 1.165) is 6.07 Å². The number of carboxylic acids is 1. The van der Waals surface area contributed by atoms with Gasteiger partial charge in [-0.25, -0.2) is 9.18 Å². The Morgan fingerprint density at radius 1 is 1.67 bits per heavy atom. The smallest absolute Gasteiger partial charge is 0.338 e. The number of aromatic carboxylic acids is 1. The molecule has 15 heavy (non-hydrogen) atoms. The van der Waals surface area contributed by atoms with Crippen molar-refractivity contribution in [3.63, 3.8) is 0 Å². The molecule has 1 unspecified atom stereocenters. The fourth-order valence-corrected chi connectivity index (χ4v) is 1.11. The van der Waals surface area contributed by atoms with Gasteiger partial charge < -0.3 is 14.6 Å². The van der Waals surface area contributed by atoms with Crippen molar-refractivity contribution in [3.05, 3.63) is 29.6 Å². The molecule has 0 amide bonds. The van der Waals surface area contributed by atoms with E-state index >= 15 is 0 Å². The van der Waals surface area contributed by atoms with Crippen molar-refractivity contribution in [2.45, 2.75) is 6.10 Å². The molecule has 0 radical (unpaired) electrons. The van der Waals surface area contributed by atoms with Gasteiger partial charge in [-0.2, -0.15) is 0 Å². The maximum absolute atomic E-state index is 13.1. The van der Waals surface area contributed by atoms with Crippen molar-refractivity contribution in [2.24, 2.45) is 0 Å². The molecule has 1 aromatic rings. The average molecular weight is 212 g/mol. The van der Waals surface area contributed by atoms with E-state index in [2.05, 4.69) is 0 Å². The highest BCUT2D eigenvalue weighted by Gasteiger charge is 2.23. The van der Waals surface area contributed by atoms with Gasteiger partial charge in [0.05, 0.1) is 12.2 Å². The van der Waals surface area contributed by atoms with E-state index < -0.39 is 11.8 Å². The van der Waals surface area contributed by atoms with Crippen molar-refractivity contribution in [1.29, 1.82) is 0 Å². The molecule has 0 aromatic heterocycles. The molecule has 0 spiro atoms. The number of hydrogen-bond donors (Lipinski definition) is 1. The van der Waals surface area contributed by atoms with Crippen molar-refractivity contribution >= 4 is 5.97 Å². The van der Waals surface area contributed by atoms with Crippen LogP contribution in [0.5, 0.6) is 5.75 Å². The molecule has 1 aromatic carbocycles. The molecule has 1 atom stereocenters. The standard InChI is InChI=1S/C10H9FO4/c11-9-3-6(14-4-7-5-15-7)1-2-8(9)10(12)13/h1-3,7H,4-5H2,(H,12,13). The minimum Gasteiger partial charge on any atom is -0.491 e. The van der Waals surface area contributed by atoms with Crippen LogP contribution in [0.4, 0.5) is 4.39 Å². The minimum absolute atomic E-state index is 0.0900. The fourth-order valence-electron chi connectivity index (χ4n) is 1.11. The third-order valence-electron chi connectivity index (χ3n) is 2.01. The van der Waals surface area contributed by atoms with Crippen molar-refractivity contribution in [1.82, 2.24) is 0 Å². The van der Waals surface area contributed by atoms with Gasteiger partial charge in [0.1, 0.15) is 24.3 Å². The Kier molecular flexibility index (Phi) is 2.55. The van der Waals surface area contributed by atoms with Crippen LogP contribution in [-0.4, -0.2) is 30.4 Å². The molecule has 80 valence electrons. The topological polar surface area (TPSA) is 59.1 Å². The van der Waals surface area contributed by atoms with Crippen molar-refractivity contribution < 1.29 is 23.8 Å². The number of epoxide rings is 1. The summed E-state index contributed by atoms with van der Waals surface area (Å²) in [5.41, 5.74) is -0.356. The van der Waals surface area contributed by atoms with Gasteiger partial charge in [0.25, 0.3) is 0 Å². The lowest BCUT2D eigenvalue weighted by Crippen LogP contribution is -2.05. The van der Waals surface area contributed by atoms with E-state index in [0.29, 0.717) is 19.0 Å². The quantitative estimate of drug-likeness (QED) is 0.764. The second kappa shape index (κ2) is 3.86. The molecule has 1 aliphatic heterocycles. The summed E-state index contributed by atoms with van der Waals surface area (Å²) in [4.78, 5) is 10.5. The van der Waals surface area contributed by atoms with Gasteiger partial charge in [0.2, 0.25) is 0 Å². The molecular formula is C10H9FO4. The first-order valence-corrected chi connectivity index (χ1v) is 4.44. The number of carboxylic acid groups (broad SMARTS) is 1. The first-order chi connectivity index (χ1) is 7.16. The van der Waals surface area contributed by atoms with Gasteiger partial charge >= 0.3 is 5.97 Å². The Balaban J connectivity index is 2.06. The van der Waals surface area contributed by atoms with Gasteiger partial charge in [-0.05, 0) is 12.1 Å². The summed E-state index contributed by atoms with van der Waals surface area (Å²) in [5, 5.41) is 8.58. The summed E-state index contributed by atoms with van der Waals surface area (Å²) in [6.45, 7) is 1.03. The summed E-state index contributed by atoms with van der Waals surface area (Å²) in [7, 11) is 0. The Labute approximate surface area is 85.2 Å². The van der Waals surface area contributed by atoms with Crippen LogP contribution < -0.4 is 4.74 Å². The van der Waals surface area contributed by atoms with Crippen LogP contribution >= 0.6 is 0 Å². The van der Waals surface area contributed by atoms with Crippen LogP contribution in [0.15, 0.2) is 18.2 Å². The molecule has 2 rings (SSSR count). The minimum atomic E-state index is -1.29. The molecule has 4 nitrogen and oxygen atoms in total. The highest BCUT2D eigenvalue weighted by molar-refractivity contribution is 5.88. The maximum Gasteiger partial charge on any atom is 0.338 e. The number of rotatable bonds is 4. The second-order valence-electron chi connectivity index (χ2n) is 3.21. The summed E-state index contributed by atoms with van der Waals surface area (Å²) in [6.07, 6.45) is 0.0900. The van der Waals surface area contributed by atoms with Crippen molar-refractivity contribution in [2.75, 3.05) is 13.2 Å². The van der Waals surface area contributed by atoms with Crippen LogP contribution in [0.2, 0.25) is 0 Å². The van der Waals surface area contributed by atoms with Crippen molar-refractivity contribution in [3.8, 4) is 5.75 Å². The molecule has 0 bridgehead atoms. The second-order valence-corrected chi connectivity index (χ2v) is 3.21. The fraction of sp³-hybridized carbons (Fsp3) is 0.300. The number of benzene rings is 1. The summed E-state index contributed by atoms with van der Waals surface area (Å²) in [5.74, 6) is -1.77. The number of hydrogen-bond acceptors (Lipinski definition) is 3. The first kappa shape index (κ1) is 9.92.